The van der Waals surface area contributed by atoms with Crippen molar-refractivity contribution in [2.45, 2.75) is 13.0 Å². The highest BCUT2D eigenvalue weighted by Gasteiger charge is 2.18. The number of rotatable bonds is 3. The third-order valence-electron chi connectivity index (χ3n) is 2.57. The standard InChI is InChI=1S/C11H9ClN6O/c1-7(18-6-8(12)5-14-18)11-15-10(17-19-11)9-3-2-4-13-16-9/h2-7H,1H3. The molecule has 3 rings (SSSR count). The average molecular weight is 277 g/mol. The van der Waals surface area contributed by atoms with Gasteiger partial charge in [0.25, 0.3) is 5.89 Å². The van der Waals surface area contributed by atoms with Crippen LogP contribution in [-0.2, 0) is 0 Å². The first-order valence-electron chi connectivity index (χ1n) is 5.55. The molecule has 0 radical (unpaired) electrons. The van der Waals surface area contributed by atoms with Crippen LogP contribution in [0.5, 0.6) is 0 Å². The fourth-order valence-electron chi connectivity index (χ4n) is 1.57. The molecule has 0 aliphatic heterocycles. The second kappa shape index (κ2) is 4.77. The Hall–Kier alpha value is -2.28. The molecule has 8 heteroatoms. The van der Waals surface area contributed by atoms with E-state index in [1.165, 1.54) is 0 Å². The fraction of sp³-hybridized carbons (Fsp3) is 0.182. The summed E-state index contributed by atoms with van der Waals surface area (Å²) in [5.41, 5.74) is 0.559. The van der Waals surface area contributed by atoms with Gasteiger partial charge in [-0.3, -0.25) is 4.68 Å². The third-order valence-corrected chi connectivity index (χ3v) is 2.76. The Morgan fingerprint density at radius 3 is 3.00 bits per heavy atom. The monoisotopic (exact) mass is 276 g/mol. The first-order chi connectivity index (χ1) is 9.24. The molecule has 0 aliphatic rings. The molecular formula is C11H9ClN6O. The van der Waals surface area contributed by atoms with Gasteiger partial charge in [-0.2, -0.15) is 15.2 Å². The Kier molecular flexibility index (Phi) is 2.96. The van der Waals surface area contributed by atoms with Gasteiger partial charge in [0.2, 0.25) is 5.82 Å². The van der Waals surface area contributed by atoms with E-state index in [2.05, 4.69) is 25.4 Å². The lowest BCUT2D eigenvalue weighted by Gasteiger charge is -2.05. The van der Waals surface area contributed by atoms with Crippen molar-refractivity contribution < 1.29 is 4.52 Å². The number of aromatic nitrogens is 6. The lowest BCUT2D eigenvalue weighted by atomic mass is 10.3. The molecule has 0 saturated heterocycles. The van der Waals surface area contributed by atoms with Crippen LogP contribution in [0.4, 0.5) is 0 Å². The number of nitrogens with zero attached hydrogens (tertiary/aromatic N) is 6. The van der Waals surface area contributed by atoms with Crippen LogP contribution in [0.1, 0.15) is 18.9 Å². The van der Waals surface area contributed by atoms with Gasteiger partial charge in [0.15, 0.2) is 0 Å². The summed E-state index contributed by atoms with van der Waals surface area (Å²) in [7, 11) is 0. The van der Waals surface area contributed by atoms with E-state index >= 15 is 0 Å². The Bertz CT molecular complexity index is 679. The van der Waals surface area contributed by atoms with Crippen LogP contribution in [0.2, 0.25) is 5.02 Å². The van der Waals surface area contributed by atoms with Crippen molar-refractivity contribution in [2.24, 2.45) is 0 Å². The molecule has 96 valence electrons. The molecule has 0 saturated carbocycles. The number of hydrogen-bond donors (Lipinski definition) is 0. The van der Waals surface area contributed by atoms with E-state index in [0.29, 0.717) is 22.4 Å². The van der Waals surface area contributed by atoms with Crippen molar-refractivity contribution in [3.63, 3.8) is 0 Å². The van der Waals surface area contributed by atoms with E-state index in [-0.39, 0.29) is 6.04 Å². The minimum absolute atomic E-state index is 0.203. The van der Waals surface area contributed by atoms with E-state index in [1.54, 1.807) is 35.4 Å². The Morgan fingerprint density at radius 2 is 2.32 bits per heavy atom. The molecule has 19 heavy (non-hydrogen) atoms. The topological polar surface area (TPSA) is 82.5 Å². The van der Waals surface area contributed by atoms with Crippen LogP contribution in [0.25, 0.3) is 11.5 Å². The van der Waals surface area contributed by atoms with Gasteiger partial charge in [0.1, 0.15) is 11.7 Å². The number of hydrogen-bond acceptors (Lipinski definition) is 6. The van der Waals surface area contributed by atoms with Crippen LogP contribution in [0.3, 0.4) is 0 Å². The van der Waals surface area contributed by atoms with Crippen molar-refractivity contribution in [1.82, 2.24) is 30.1 Å². The molecular weight excluding hydrogens is 268 g/mol. The van der Waals surface area contributed by atoms with Gasteiger partial charge in [-0.25, -0.2) is 0 Å². The first kappa shape index (κ1) is 11.8. The zero-order valence-electron chi connectivity index (χ0n) is 9.93. The van der Waals surface area contributed by atoms with Gasteiger partial charge in [-0.15, -0.1) is 5.10 Å². The fourth-order valence-corrected chi connectivity index (χ4v) is 1.71. The van der Waals surface area contributed by atoms with Crippen LogP contribution >= 0.6 is 11.6 Å². The van der Waals surface area contributed by atoms with E-state index in [4.69, 9.17) is 16.1 Å². The summed E-state index contributed by atoms with van der Waals surface area (Å²) in [4.78, 5) is 4.28. The van der Waals surface area contributed by atoms with Crippen LogP contribution < -0.4 is 0 Å². The molecule has 0 fully saturated rings. The molecule has 1 unspecified atom stereocenters. The molecule has 0 amide bonds. The highest BCUT2D eigenvalue weighted by atomic mass is 35.5. The average Bonchev–Trinajstić information content (AvgIpc) is 3.08. The summed E-state index contributed by atoms with van der Waals surface area (Å²) >= 11 is 5.82. The molecule has 0 aromatic carbocycles. The van der Waals surface area contributed by atoms with E-state index in [9.17, 15) is 0 Å². The Balaban J connectivity index is 1.89. The lowest BCUT2D eigenvalue weighted by Crippen LogP contribution is -2.07. The van der Waals surface area contributed by atoms with Crippen molar-refractivity contribution >= 4 is 11.6 Å². The van der Waals surface area contributed by atoms with Crippen LogP contribution in [-0.4, -0.2) is 30.1 Å². The van der Waals surface area contributed by atoms with Crippen molar-refractivity contribution in [1.29, 1.82) is 0 Å². The normalized spacial score (nSPS) is 12.5. The highest BCUT2D eigenvalue weighted by molar-refractivity contribution is 6.30. The summed E-state index contributed by atoms with van der Waals surface area (Å²) in [6, 6.07) is 3.32. The predicted molar refractivity (Wildman–Crippen MR) is 66.4 cm³/mol. The maximum absolute atomic E-state index is 5.82. The maximum Gasteiger partial charge on any atom is 0.251 e. The van der Waals surface area contributed by atoms with Crippen molar-refractivity contribution in [2.75, 3.05) is 0 Å². The van der Waals surface area contributed by atoms with Gasteiger partial charge in [0.05, 0.1) is 11.2 Å². The Morgan fingerprint density at radius 1 is 1.42 bits per heavy atom. The molecule has 0 N–H and O–H groups in total. The molecule has 7 nitrogen and oxygen atoms in total. The van der Waals surface area contributed by atoms with E-state index in [0.717, 1.165) is 0 Å². The molecule has 0 aliphatic carbocycles. The van der Waals surface area contributed by atoms with Gasteiger partial charge < -0.3 is 4.52 Å². The molecule has 3 aromatic rings. The number of halogens is 1. The summed E-state index contributed by atoms with van der Waals surface area (Å²) < 4.78 is 6.86. The molecule has 1 atom stereocenters. The SMILES string of the molecule is CC(c1nc(-c2cccnn2)no1)n1cc(Cl)cn1. The van der Waals surface area contributed by atoms with Crippen LogP contribution in [0, 0.1) is 0 Å². The third kappa shape index (κ3) is 2.32. The van der Waals surface area contributed by atoms with Gasteiger partial charge in [-0.05, 0) is 19.1 Å². The highest BCUT2D eigenvalue weighted by Crippen LogP contribution is 2.20. The smallest absolute Gasteiger partial charge is 0.251 e. The second-order valence-electron chi connectivity index (χ2n) is 3.88. The summed E-state index contributed by atoms with van der Waals surface area (Å²) in [5, 5.41) is 16.2. The van der Waals surface area contributed by atoms with Crippen LogP contribution in [0.15, 0.2) is 35.2 Å². The minimum atomic E-state index is -0.203. The second-order valence-corrected chi connectivity index (χ2v) is 4.32. The lowest BCUT2D eigenvalue weighted by molar-refractivity contribution is 0.336. The van der Waals surface area contributed by atoms with Gasteiger partial charge >= 0.3 is 0 Å². The first-order valence-corrected chi connectivity index (χ1v) is 5.93. The van der Waals surface area contributed by atoms with Gasteiger partial charge in [-0.1, -0.05) is 16.8 Å². The molecule has 3 aromatic heterocycles. The summed E-state index contributed by atoms with van der Waals surface area (Å²) in [6.07, 6.45) is 4.83. The minimum Gasteiger partial charge on any atom is -0.337 e. The zero-order valence-corrected chi connectivity index (χ0v) is 10.7. The van der Waals surface area contributed by atoms with Crippen molar-refractivity contribution in [3.8, 4) is 11.5 Å². The maximum atomic E-state index is 5.82. The molecule has 0 spiro atoms. The largest absolute Gasteiger partial charge is 0.337 e. The van der Waals surface area contributed by atoms with E-state index in [1.807, 2.05) is 6.92 Å². The molecule has 3 heterocycles. The van der Waals surface area contributed by atoms with E-state index < -0.39 is 0 Å². The van der Waals surface area contributed by atoms with Crippen molar-refractivity contribution in [3.05, 3.63) is 41.6 Å². The summed E-state index contributed by atoms with van der Waals surface area (Å²) in [6.45, 7) is 1.89. The summed E-state index contributed by atoms with van der Waals surface area (Å²) in [5.74, 6) is 0.827. The Labute approximate surface area is 113 Å². The predicted octanol–water partition coefficient (Wildman–Crippen LogP) is 1.99. The van der Waals surface area contributed by atoms with Gasteiger partial charge in [0, 0.05) is 12.4 Å². The molecule has 0 bridgehead atoms. The zero-order chi connectivity index (χ0) is 13.2. The quantitative estimate of drug-likeness (QED) is 0.727.